The summed E-state index contributed by atoms with van der Waals surface area (Å²) in [7, 11) is 0. The maximum Gasteiger partial charge on any atom is 0.127 e. The monoisotopic (exact) mass is 335 g/mol. The van der Waals surface area contributed by atoms with Crippen LogP contribution >= 0.6 is 15.9 Å². The van der Waals surface area contributed by atoms with E-state index in [2.05, 4.69) is 59.4 Å². The molecule has 0 radical (unpaired) electrons. The van der Waals surface area contributed by atoms with E-state index in [-0.39, 0.29) is 5.82 Å². The fourth-order valence-electron chi connectivity index (χ4n) is 2.04. The van der Waals surface area contributed by atoms with Crippen LogP contribution in [0.25, 0.3) is 0 Å². The lowest BCUT2D eigenvalue weighted by Crippen LogP contribution is -2.13. The number of halogens is 2. The average molecular weight is 336 g/mol. The molecule has 0 spiro atoms. The molecule has 1 N–H and O–H groups in total. The van der Waals surface area contributed by atoms with Gasteiger partial charge in [0.05, 0.1) is 0 Å². The van der Waals surface area contributed by atoms with E-state index in [1.54, 1.807) is 6.07 Å². The summed E-state index contributed by atoms with van der Waals surface area (Å²) in [5.74, 6) is 0.378. The van der Waals surface area contributed by atoms with Gasteiger partial charge in [0, 0.05) is 23.1 Å². The first-order valence-corrected chi connectivity index (χ1v) is 7.59. The van der Waals surface area contributed by atoms with Gasteiger partial charge < -0.3 is 5.32 Å². The molecular formula is C17H19BrFN. The van der Waals surface area contributed by atoms with Crippen molar-refractivity contribution in [1.29, 1.82) is 0 Å². The summed E-state index contributed by atoms with van der Waals surface area (Å²) < 4.78 is 14.5. The van der Waals surface area contributed by atoms with Crippen LogP contribution in [0.1, 0.15) is 36.5 Å². The Hall–Kier alpha value is -1.19. The van der Waals surface area contributed by atoms with Crippen molar-refractivity contribution >= 4 is 15.9 Å². The second kappa shape index (κ2) is 7.00. The van der Waals surface area contributed by atoms with Crippen LogP contribution < -0.4 is 5.32 Å². The molecule has 2 aromatic rings. The molecule has 0 unspecified atom stereocenters. The molecule has 0 atom stereocenters. The van der Waals surface area contributed by atoms with Crippen LogP contribution in [0, 0.1) is 5.82 Å². The van der Waals surface area contributed by atoms with E-state index >= 15 is 0 Å². The number of benzene rings is 2. The van der Waals surface area contributed by atoms with Crippen molar-refractivity contribution in [2.24, 2.45) is 0 Å². The zero-order valence-electron chi connectivity index (χ0n) is 11.8. The Bertz CT molecular complexity index is 564. The number of hydrogen-bond donors (Lipinski definition) is 1. The van der Waals surface area contributed by atoms with Gasteiger partial charge in [-0.3, -0.25) is 0 Å². The standard InChI is InChI=1S/C17H19BrFN/c1-12(2)14-5-3-13(4-6-14)10-20-11-15-9-16(18)7-8-17(15)19/h3-9,12,20H,10-11H2,1-2H3. The molecule has 0 saturated heterocycles. The second-order valence-electron chi connectivity index (χ2n) is 5.24. The van der Waals surface area contributed by atoms with E-state index in [9.17, 15) is 4.39 Å². The van der Waals surface area contributed by atoms with Crippen LogP contribution in [-0.4, -0.2) is 0 Å². The van der Waals surface area contributed by atoms with Crippen molar-refractivity contribution in [1.82, 2.24) is 5.32 Å². The SMILES string of the molecule is CC(C)c1ccc(CNCc2cc(Br)ccc2F)cc1. The predicted molar refractivity (Wildman–Crippen MR) is 85.2 cm³/mol. The first-order valence-electron chi connectivity index (χ1n) is 6.79. The summed E-state index contributed by atoms with van der Waals surface area (Å²) in [6, 6.07) is 13.6. The zero-order valence-corrected chi connectivity index (χ0v) is 13.4. The highest BCUT2D eigenvalue weighted by Gasteiger charge is 2.03. The summed E-state index contributed by atoms with van der Waals surface area (Å²) in [6.07, 6.45) is 0. The third kappa shape index (κ3) is 4.15. The molecule has 0 aliphatic rings. The summed E-state index contributed by atoms with van der Waals surface area (Å²) >= 11 is 3.36. The molecule has 20 heavy (non-hydrogen) atoms. The van der Waals surface area contributed by atoms with Gasteiger partial charge in [-0.2, -0.15) is 0 Å². The number of hydrogen-bond acceptors (Lipinski definition) is 1. The quantitative estimate of drug-likeness (QED) is 0.810. The second-order valence-corrected chi connectivity index (χ2v) is 6.15. The highest BCUT2D eigenvalue weighted by molar-refractivity contribution is 9.10. The Morgan fingerprint density at radius 3 is 2.40 bits per heavy atom. The van der Waals surface area contributed by atoms with Crippen molar-refractivity contribution in [3.8, 4) is 0 Å². The van der Waals surface area contributed by atoms with Crippen LogP contribution in [0.3, 0.4) is 0 Å². The predicted octanol–water partition coefficient (Wildman–Crippen LogP) is 5.00. The molecule has 0 fully saturated rings. The normalized spacial score (nSPS) is 11.1. The molecule has 0 aromatic heterocycles. The highest BCUT2D eigenvalue weighted by Crippen LogP contribution is 2.16. The Labute approximate surface area is 128 Å². The maximum absolute atomic E-state index is 13.6. The van der Waals surface area contributed by atoms with Gasteiger partial charge >= 0.3 is 0 Å². The van der Waals surface area contributed by atoms with Gasteiger partial charge in [0.1, 0.15) is 5.82 Å². The molecule has 0 amide bonds. The lowest BCUT2D eigenvalue weighted by atomic mass is 10.0. The van der Waals surface area contributed by atoms with Crippen LogP contribution in [0.4, 0.5) is 4.39 Å². The number of nitrogens with one attached hydrogen (secondary N) is 1. The average Bonchev–Trinajstić information content (AvgIpc) is 2.43. The van der Waals surface area contributed by atoms with Crippen LogP contribution in [0.2, 0.25) is 0 Å². The van der Waals surface area contributed by atoms with Gasteiger partial charge in [0.15, 0.2) is 0 Å². The fourth-order valence-corrected chi connectivity index (χ4v) is 2.45. The fraction of sp³-hybridized carbons (Fsp3) is 0.294. The lowest BCUT2D eigenvalue weighted by Gasteiger charge is -2.09. The van der Waals surface area contributed by atoms with E-state index in [0.29, 0.717) is 18.0 Å². The molecule has 0 bridgehead atoms. The largest absolute Gasteiger partial charge is 0.309 e. The smallest absolute Gasteiger partial charge is 0.127 e. The molecule has 0 saturated carbocycles. The van der Waals surface area contributed by atoms with Crippen LogP contribution in [0.5, 0.6) is 0 Å². The summed E-state index contributed by atoms with van der Waals surface area (Å²) in [5.41, 5.74) is 3.23. The minimum atomic E-state index is -0.171. The van der Waals surface area contributed by atoms with Crippen LogP contribution in [0.15, 0.2) is 46.9 Å². The minimum absolute atomic E-state index is 0.171. The van der Waals surface area contributed by atoms with Gasteiger partial charge in [-0.25, -0.2) is 4.39 Å². The third-order valence-corrected chi connectivity index (χ3v) is 3.79. The van der Waals surface area contributed by atoms with E-state index in [0.717, 1.165) is 11.0 Å². The van der Waals surface area contributed by atoms with Gasteiger partial charge in [0.25, 0.3) is 0 Å². The highest BCUT2D eigenvalue weighted by atomic mass is 79.9. The molecule has 3 heteroatoms. The Kier molecular flexibility index (Phi) is 5.32. The first kappa shape index (κ1) is 15.2. The van der Waals surface area contributed by atoms with Gasteiger partial charge in [-0.1, -0.05) is 54.0 Å². The van der Waals surface area contributed by atoms with Crippen LogP contribution in [-0.2, 0) is 13.1 Å². The Morgan fingerprint density at radius 2 is 1.75 bits per heavy atom. The maximum atomic E-state index is 13.6. The zero-order chi connectivity index (χ0) is 14.5. The topological polar surface area (TPSA) is 12.0 Å². The Morgan fingerprint density at radius 1 is 1.05 bits per heavy atom. The molecule has 1 nitrogen and oxygen atoms in total. The van der Waals surface area contributed by atoms with E-state index < -0.39 is 0 Å². The van der Waals surface area contributed by atoms with Gasteiger partial charge in [-0.15, -0.1) is 0 Å². The van der Waals surface area contributed by atoms with E-state index in [4.69, 9.17) is 0 Å². The van der Waals surface area contributed by atoms with E-state index in [1.807, 2.05) is 6.07 Å². The van der Waals surface area contributed by atoms with E-state index in [1.165, 1.54) is 17.2 Å². The molecule has 0 heterocycles. The lowest BCUT2D eigenvalue weighted by molar-refractivity contribution is 0.587. The molecule has 106 valence electrons. The summed E-state index contributed by atoms with van der Waals surface area (Å²) in [5, 5.41) is 3.27. The van der Waals surface area contributed by atoms with Crippen molar-refractivity contribution < 1.29 is 4.39 Å². The van der Waals surface area contributed by atoms with Crippen molar-refractivity contribution in [2.45, 2.75) is 32.9 Å². The number of rotatable bonds is 5. The van der Waals surface area contributed by atoms with Crippen molar-refractivity contribution in [3.05, 3.63) is 69.4 Å². The minimum Gasteiger partial charge on any atom is -0.309 e. The van der Waals surface area contributed by atoms with Crippen molar-refractivity contribution in [2.75, 3.05) is 0 Å². The molecular weight excluding hydrogens is 317 g/mol. The molecule has 2 rings (SSSR count). The summed E-state index contributed by atoms with van der Waals surface area (Å²) in [6.45, 7) is 5.63. The van der Waals surface area contributed by atoms with Gasteiger partial charge in [-0.05, 0) is 35.2 Å². The molecule has 0 aliphatic heterocycles. The molecule has 2 aromatic carbocycles. The van der Waals surface area contributed by atoms with Crippen molar-refractivity contribution in [3.63, 3.8) is 0 Å². The third-order valence-electron chi connectivity index (χ3n) is 3.30. The van der Waals surface area contributed by atoms with Gasteiger partial charge in [0.2, 0.25) is 0 Å². The summed E-state index contributed by atoms with van der Waals surface area (Å²) in [4.78, 5) is 0. The first-order chi connectivity index (χ1) is 9.56. The Balaban J connectivity index is 1.91. The molecule has 0 aliphatic carbocycles.